The summed E-state index contributed by atoms with van der Waals surface area (Å²) in [4.78, 5) is 31.2. The molecule has 2 amide bonds. The van der Waals surface area contributed by atoms with E-state index in [1.54, 1.807) is 0 Å². The number of hydrogen-bond acceptors (Lipinski definition) is 3. The molecule has 3 atom stereocenters. The van der Waals surface area contributed by atoms with Crippen molar-refractivity contribution in [3.63, 3.8) is 0 Å². The van der Waals surface area contributed by atoms with Gasteiger partial charge in [-0.2, -0.15) is 0 Å². The summed E-state index contributed by atoms with van der Waals surface area (Å²) >= 11 is 0. The van der Waals surface area contributed by atoms with Gasteiger partial charge in [0, 0.05) is 19.1 Å². The minimum Gasteiger partial charge on any atom is -0.338 e. The van der Waals surface area contributed by atoms with Gasteiger partial charge in [0.25, 0.3) is 0 Å². The van der Waals surface area contributed by atoms with Crippen LogP contribution in [-0.2, 0) is 9.59 Å². The zero-order chi connectivity index (χ0) is 18.8. The number of hydrogen-bond donors (Lipinski definition) is 1. The lowest BCUT2D eigenvalue weighted by molar-refractivity contribution is -0.162. The summed E-state index contributed by atoms with van der Waals surface area (Å²) in [6, 6.07) is 0.0348. The minimum atomic E-state index is -0.218. The van der Waals surface area contributed by atoms with Crippen LogP contribution in [0.2, 0.25) is 0 Å². The Morgan fingerprint density at radius 3 is 2.19 bits per heavy atom. The zero-order valence-corrected chi connectivity index (χ0v) is 16.7. The van der Waals surface area contributed by atoms with E-state index in [0.717, 1.165) is 69.4 Å². The van der Waals surface area contributed by atoms with Crippen molar-refractivity contribution in [2.45, 2.75) is 76.8 Å². The van der Waals surface area contributed by atoms with E-state index in [0.29, 0.717) is 18.4 Å². The third-order valence-corrected chi connectivity index (χ3v) is 8.57. The lowest BCUT2D eigenvalue weighted by Gasteiger charge is -2.56. The van der Waals surface area contributed by atoms with Gasteiger partial charge in [0.2, 0.25) is 11.8 Å². The molecule has 2 saturated heterocycles. The van der Waals surface area contributed by atoms with Crippen LogP contribution in [0.4, 0.5) is 0 Å². The zero-order valence-electron chi connectivity index (χ0n) is 16.7. The highest BCUT2D eigenvalue weighted by molar-refractivity contribution is 5.91. The van der Waals surface area contributed by atoms with Crippen molar-refractivity contribution in [2.75, 3.05) is 19.6 Å². The van der Waals surface area contributed by atoms with Crippen molar-refractivity contribution in [2.24, 2.45) is 34.8 Å². The van der Waals surface area contributed by atoms with E-state index < -0.39 is 0 Å². The van der Waals surface area contributed by atoms with Gasteiger partial charge < -0.3 is 15.5 Å². The Morgan fingerprint density at radius 1 is 1.00 bits per heavy atom. The summed E-state index contributed by atoms with van der Waals surface area (Å²) in [6.45, 7) is 4.33. The average Bonchev–Trinajstić information content (AvgIpc) is 3.26. The molecule has 6 aliphatic rings. The summed E-state index contributed by atoms with van der Waals surface area (Å²) in [5.74, 6) is 3.23. The predicted octanol–water partition coefficient (Wildman–Crippen LogP) is 2.39. The molecule has 5 heteroatoms. The molecule has 4 saturated carbocycles. The highest BCUT2D eigenvalue weighted by atomic mass is 16.2. The van der Waals surface area contributed by atoms with E-state index in [9.17, 15) is 9.59 Å². The van der Waals surface area contributed by atoms with E-state index in [1.165, 1.54) is 19.3 Å². The van der Waals surface area contributed by atoms with Gasteiger partial charge in [0.15, 0.2) is 0 Å². The molecule has 150 valence electrons. The van der Waals surface area contributed by atoms with Gasteiger partial charge in [-0.1, -0.05) is 0 Å². The molecule has 27 heavy (non-hydrogen) atoms. The van der Waals surface area contributed by atoms with Gasteiger partial charge in [-0.25, -0.2) is 0 Å². The first kappa shape index (κ1) is 18.0. The summed E-state index contributed by atoms with van der Waals surface area (Å²) in [7, 11) is 0. The maximum Gasteiger partial charge on any atom is 0.245 e. The van der Waals surface area contributed by atoms with Crippen molar-refractivity contribution < 1.29 is 9.59 Å². The third kappa shape index (κ3) is 2.83. The van der Waals surface area contributed by atoms with Gasteiger partial charge in [0.05, 0.1) is 5.41 Å². The highest BCUT2D eigenvalue weighted by Crippen LogP contribution is 2.60. The fourth-order valence-corrected chi connectivity index (χ4v) is 7.76. The SMILES string of the molecule is CC1CC(CN)CN1C(=O)C1CCCN1C(=O)C12CC3CC(CC(C3)C1)C2. The van der Waals surface area contributed by atoms with Crippen LogP contribution in [0.15, 0.2) is 0 Å². The summed E-state index contributed by atoms with van der Waals surface area (Å²) in [6.07, 6.45) is 10.1. The lowest BCUT2D eigenvalue weighted by Crippen LogP contribution is -2.57. The van der Waals surface area contributed by atoms with E-state index in [-0.39, 0.29) is 23.4 Å². The first-order valence-electron chi connectivity index (χ1n) is 11.3. The molecular formula is C22H35N3O2. The molecule has 0 spiro atoms. The Balaban J connectivity index is 1.34. The van der Waals surface area contributed by atoms with Crippen LogP contribution in [0.1, 0.15) is 64.7 Å². The Bertz CT molecular complexity index is 598. The molecule has 2 N–H and O–H groups in total. The second-order valence-corrected chi connectivity index (χ2v) is 10.5. The minimum absolute atomic E-state index is 0.131. The lowest BCUT2D eigenvalue weighted by atomic mass is 9.49. The number of carbonyl (C=O) groups is 2. The third-order valence-electron chi connectivity index (χ3n) is 8.57. The Kier molecular flexibility index (Phi) is 4.30. The normalized spacial score (nSPS) is 45.7. The van der Waals surface area contributed by atoms with Gasteiger partial charge in [-0.05, 0) is 94.9 Å². The number of nitrogens with two attached hydrogens (primary N) is 1. The molecule has 0 aromatic heterocycles. The van der Waals surface area contributed by atoms with Crippen LogP contribution < -0.4 is 5.73 Å². The second kappa shape index (κ2) is 6.47. The molecule has 6 rings (SSSR count). The standard InChI is InChI=1S/C22H35N3O2/c1-14-5-18(12-23)13-25(14)20(26)19-3-2-4-24(19)21(27)22-9-15-6-16(10-22)8-17(7-15)11-22/h14-19H,2-13,23H2,1H3. The number of nitrogens with zero attached hydrogens (tertiary/aromatic N) is 2. The van der Waals surface area contributed by atoms with Gasteiger partial charge >= 0.3 is 0 Å². The van der Waals surface area contributed by atoms with Crippen LogP contribution in [0.3, 0.4) is 0 Å². The van der Waals surface area contributed by atoms with Crippen molar-refractivity contribution in [1.29, 1.82) is 0 Å². The maximum absolute atomic E-state index is 13.8. The van der Waals surface area contributed by atoms with E-state index in [4.69, 9.17) is 5.73 Å². The van der Waals surface area contributed by atoms with Gasteiger partial charge in [-0.15, -0.1) is 0 Å². The topological polar surface area (TPSA) is 66.6 Å². The molecule has 5 nitrogen and oxygen atoms in total. The van der Waals surface area contributed by atoms with Crippen LogP contribution >= 0.6 is 0 Å². The van der Waals surface area contributed by atoms with Crippen LogP contribution in [-0.4, -0.2) is 53.3 Å². The fraction of sp³-hybridized carbons (Fsp3) is 0.909. The Hall–Kier alpha value is -1.10. The fourth-order valence-electron chi connectivity index (χ4n) is 7.76. The van der Waals surface area contributed by atoms with E-state index >= 15 is 0 Å². The first-order valence-corrected chi connectivity index (χ1v) is 11.3. The molecule has 6 fully saturated rings. The predicted molar refractivity (Wildman–Crippen MR) is 104 cm³/mol. The van der Waals surface area contributed by atoms with Crippen molar-refractivity contribution in [1.82, 2.24) is 9.80 Å². The molecule has 0 radical (unpaired) electrons. The summed E-state index contributed by atoms with van der Waals surface area (Å²) in [5, 5.41) is 0. The smallest absolute Gasteiger partial charge is 0.245 e. The Morgan fingerprint density at radius 2 is 1.63 bits per heavy atom. The van der Waals surface area contributed by atoms with Gasteiger partial charge in [-0.3, -0.25) is 9.59 Å². The van der Waals surface area contributed by atoms with E-state index in [1.807, 2.05) is 9.80 Å². The number of carbonyl (C=O) groups excluding carboxylic acids is 2. The van der Waals surface area contributed by atoms with Crippen molar-refractivity contribution in [3.8, 4) is 0 Å². The first-order chi connectivity index (χ1) is 13.0. The monoisotopic (exact) mass is 373 g/mol. The van der Waals surface area contributed by atoms with Gasteiger partial charge in [0.1, 0.15) is 6.04 Å². The van der Waals surface area contributed by atoms with Crippen LogP contribution in [0.5, 0.6) is 0 Å². The molecule has 0 aromatic rings. The molecular weight excluding hydrogens is 338 g/mol. The summed E-state index contributed by atoms with van der Waals surface area (Å²) in [5.41, 5.74) is 5.72. The summed E-state index contributed by atoms with van der Waals surface area (Å²) < 4.78 is 0. The molecule has 2 heterocycles. The highest BCUT2D eigenvalue weighted by Gasteiger charge is 2.57. The number of likely N-dealkylation sites (tertiary alicyclic amines) is 2. The maximum atomic E-state index is 13.8. The average molecular weight is 374 g/mol. The molecule has 3 unspecified atom stereocenters. The quantitative estimate of drug-likeness (QED) is 0.826. The number of rotatable bonds is 3. The molecule has 4 bridgehead atoms. The van der Waals surface area contributed by atoms with Crippen molar-refractivity contribution in [3.05, 3.63) is 0 Å². The number of amides is 2. The molecule has 4 aliphatic carbocycles. The Labute approximate surface area is 163 Å². The van der Waals surface area contributed by atoms with Crippen LogP contribution in [0, 0.1) is 29.1 Å². The molecule has 2 aliphatic heterocycles. The second-order valence-electron chi connectivity index (χ2n) is 10.5. The molecule has 0 aromatic carbocycles. The van der Waals surface area contributed by atoms with Crippen LogP contribution in [0.25, 0.3) is 0 Å². The largest absolute Gasteiger partial charge is 0.338 e. The van der Waals surface area contributed by atoms with E-state index in [2.05, 4.69) is 6.92 Å². The van der Waals surface area contributed by atoms with Crippen molar-refractivity contribution >= 4 is 11.8 Å².